The second-order valence-corrected chi connectivity index (χ2v) is 9.22. The summed E-state index contributed by atoms with van der Waals surface area (Å²) in [6.45, 7) is 5.71. The molecule has 0 radical (unpaired) electrons. The van der Waals surface area contributed by atoms with Gasteiger partial charge in [0.15, 0.2) is 11.5 Å². The number of aromatic nitrogens is 1. The highest BCUT2D eigenvalue weighted by Crippen LogP contribution is 2.42. The molecule has 2 amide bonds. The number of methoxy groups -OCH3 is 1. The SMILES string of the molecule is COc1ccc(F)cc1OC(=O)N1C[C@H](C)N(C(C)=O)c2ccc(-c3cc(C)n(C4CC4)c3)cc21. The Hall–Kier alpha value is -3.81. The van der Waals surface area contributed by atoms with Gasteiger partial charge in [-0.05, 0) is 68.1 Å². The van der Waals surface area contributed by atoms with E-state index >= 15 is 0 Å². The molecule has 0 N–H and O–H groups in total. The summed E-state index contributed by atoms with van der Waals surface area (Å²) in [6, 6.07) is 11.9. The number of carbonyl (C=O) groups is 2. The van der Waals surface area contributed by atoms with Crippen molar-refractivity contribution in [3.8, 4) is 22.6 Å². The summed E-state index contributed by atoms with van der Waals surface area (Å²) >= 11 is 0. The fourth-order valence-corrected chi connectivity index (χ4v) is 4.83. The van der Waals surface area contributed by atoms with Gasteiger partial charge in [-0.25, -0.2) is 9.18 Å². The first-order chi connectivity index (χ1) is 16.8. The molecule has 0 bridgehead atoms. The number of anilines is 2. The zero-order valence-corrected chi connectivity index (χ0v) is 20.2. The Bertz CT molecular complexity index is 1310. The Morgan fingerprint density at radius 1 is 1.00 bits per heavy atom. The van der Waals surface area contributed by atoms with Crippen LogP contribution < -0.4 is 19.3 Å². The van der Waals surface area contributed by atoms with Crippen molar-refractivity contribution < 1.29 is 23.5 Å². The van der Waals surface area contributed by atoms with Gasteiger partial charge in [-0.1, -0.05) is 6.07 Å². The van der Waals surface area contributed by atoms with Crippen LogP contribution in [0.2, 0.25) is 0 Å². The zero-order valence-electron chi connectivity index (χ0n) is 20.2. The van der Waals surface area contributed by atoms with E-state index in [0.29, 0.717) is 17.4 Å². The Morgan fingerprint density at radius 2 is 1.77 bits per heavy atom. The Kier molecular flexibility index (Phi) is 5.75. The number of fused-ring (bicyclic) bond motifs is 1. The van der Waals surface area contributed by atoms with Crippen molar-refractivity contribution in [1.82, 2.24) is 4.57 Å². The van der Waals surface area contributed by atoms with Crippen LogP contribution in [0.5, 0.6) is 11.5 Å². The average molecular weight is 478 g/mol. The van der Waals surface area contributed by atoms with Gasteiger partial charge in [-0.2, -0.15) is 0 Å². The highest BCUT2D eigenvalue weighted by Gasteiger charge is 2.35. The molecule has 1 aliphatic carbocycles. The minimum atomic E-state index is -0.672. The lowest BCUT2D eigenvalue weighted by molar-refractivity contribution is -0.117. The topological polar surface area (TPSA) is 64.0 Å². The van der Waals surface area contributed by atoms with E-state index in [-0.39, 0.29) is 30.0 Å². The number of aryl methyl sites for hydroxylation is 1. The molecule has 0 unspecified atom stereocenters. The van der Waals surface area contributed by atoms with Crippen LogP contribution in [0.4, 0.5) is 20.6 Å². The van der Waals surface area contributed by atoms with E-state index in [4.69, 9.17) is 9.47 Å². The number of benzene rings is 2. The molecule has 1 fully saturated rings. The van der Waals surface area contributed by atoms with Crippen molar-refractivity contribution >= 4 is 23.4 Å². The summed E-state index contributed by atoms with van der Waals surface area (Å²) in [4.78, 5) is 29.0. The minimum absolute atomic E-state index is 0.00557. The minimum Gasteiger partial charge on any atom is -0.493 e. The third-order valence-electron chi connectivity index (χ3n) is 6.62. The number of amides is 2. The molecule has 3 aromatic rings. The van der Waals surface area contributed by atoms with E-state index in [1.54, 1.807) is 4.90 Å². The number of rotatable bonds is 4. The van der Waals surface area contributed by atoms with E-state index in [1.165, 1.54) is 49.6 Å². The highest BCUT2D eigenvalue weighted by molar-refractivity contribution is 6.03. The van der Waals surface area contributed by atoms with E-state index in [0.717, 1.165) is 17.2 Å². The number of hydrogen-bond acceptors (Lipinski definition) is 4. The lowest BCUT2D eigenvalue weighted by atomic mass is 10.0. The van der Waals surface area contributed by atoms with Gasteiger partial charge in [0.1, 0.15) is 5.82 Å². The summed E-state index contributed by atoms with van der Waals surface area (Å²) in [6.07, 6.45) is 3.85. The van der Waals surface area contributed by atoms with Gasteiger partial charge in [0.05, 0.1) is 24.5 Å². The van der Waals surface area contributed by atoms with Gasteiger partial charge >= 0.3 is 6.09 Å². The first-order valence-corrected chi connectivity index (χ1v) is 11.7. The first kappa shape index (κ1) is 23.0. The Balaban J connectivity index is 1.54. The van der Waals surface area contributed by atoms with E-state index in [2.05, 4.69) is 23.8 Å². The number of nitrogens with zero attached hydrogens (tertiary/aromatic N) is 3. The number of halogens is 1. The molecule has 1 aliphatic heterocycles. The van der Waals surface area contributed by atoms with Gasteiger partial charge in [0, 0.05) is 37.5 Å². The fraction of sp³-hybridized carbons (Fsp3) is 0.333. The van der Waals surface area contributed by atoms with Crippen molar-refractivity contribution in [2.75, 3.05) is 23.5 Å². The Labute approximate surface area is 203 Å². The molecular formula is C27H28FN3O4. The quantitative estimate of drug-likeness (QED) is 0.483. The highest BCUT2D eigenvalue weighted by atomic mass is 19.1. The van der Waals surface area contributed by atoms with Gasteiger partial charge in [-0.15, -0.1) is 0 Å². The molecule has 2 aliphatic rings. The second-order valence-electron chi connectivity index (χ2n) is 9.22. The van der Waals surface area contributed by atoms with E-state index < -0.39 is 11.9 Å². The van der Waals surface area contributed by atoms with Crippen LogP contribution in [-0.2, 0) is 4.79 Å². The molecule has 35 heavy (non-hydrogen) atoms. The maximum Gasteiger partial charge on any atom is 0.420 e. The van der Waals surface area contributed by atoms with Crippen molar-refractivity contribution in [3.63, 3.8) is 0 Å². The largest absolute Gasteiger partial charge is 0.493 e. The Morgan fingerprint density at radius 3 is 2.46 bits per heavy atom. The number of ether oxygens (including phenoxy) is 2. The third kappa shape index (κ3) is 4.24. The molecule has 1 aromatic heterocycles. The lowest BCUT2D eigenvalue weighted by Gasteiger charge is -2.40. The van der Waals surface area contributed by atoms with Gasteiger partial charge in [0.25, 0.3) is 0 Å². The van der Waals surface area contributed by atoms with Gasteiger partial charge in [0.2, 0.25) is 5.91 Å². The normalized spacial score (nSPS) is 17.2. The van der Waals surface area contributed by atoms with Crippen LogP contribution in [0.25, 0.3) is 11.1 Å². The summed E-state index contributed by atoms with van der Waals surface area (Å²) < 4.78 is 26.9. The molecule has 5 rings (SSSR count). The van der Waals surface area contributed by atoms with Crippen LogP contribution in [0.1, 0.15) is 38.4 Å². The van der Waals surface area contributed by atoms with Crippen molar-refractivity contribution in [3.05, 3.63) is 60.2 Å². The third-order valence-corrected chi connectivity index (χ3v) is 6.62. The van der Waals surface area contributed by atoms with Crippen molar-refractivity contribution in [1.29, 1.82) is 0 Å². The monoisotopic (exact) mass is 477 g/mol. The van der Waals surface area contributed by atoms with Crippen LogP contribution in [-0.4, -0.2) is 36.3 Å². The van der Waals surface area contributed by atoms with Crippen molar-refractivity contribution in [2.24, 2.45) is 0 Å². The molecule has 1 atom stereocenters. The van der Waals surface area contributed by atoms with Crippen LogP contribution in [0.3, 0.4) is 0 Å². The summed E-state index contributed by atoms with van der Waals surface area (Å²) in [5.74, 6) is -0.404. The number of carbonyl (C=O) groups excluding carboxylic acids is 2. The van der Waals surface area contributed by atoms with Crippen LogP contribution >= 0.6 is 0 Å². The molecule has 0 spiro atoms. The predicted molar refractivity (Wildman–Crippen MR) is 132 cm³/mol. The molecule has 7 nitrogen and oxygen atoms in total. The molecule has 2 heterocycles. The fourth-order valence-electron chi connectivity index (χ4n) is 4.83. The van der Waals surface area contributed by atoms with Crippen LogP contribution in [0.15, 0.2) is 48.7 Å². The average Bonchev–Trinajstić information content (AvgIpc) is 3.59. The summed E-state index contributed by atoms with van der Waals surface area (Å²) in [7, 11) is 1.43. The molecule has 0 saturated heterocycles. The molecule has 2 aromatic carbocycles. The maximum atomic E-state index is 13.8. The molecule has 1 saturated carbocycles. The van der Waals surface area contributed by atoms with E-state index in [1.807, 2.05) is 25.1 Å². The lowest BCUT2D eigenvalue weighted by Crippen LogP contribution is -2.52. The first-order valence-electron chi connectivity index (χ1n) is 11.7. The molecule has 182 valence electrons. The van der Waals surface area contributed by atoms with E-state index in [9.17, 15) is 14.0 Å². The standard InChI is InChI=1S/C27H28FN3O4/c1-16-11-20(15-29(16)22-7-8-22)19-5-9-23-24(12-19)30(14-17(2)31(23)18(3)32)27(33)35-26-13-21(28)6-10-25(26)34-4/h5-6,9-13,15,17,22H,7-8,14H2,1-4H3/t17-/m0/s1. The number of hydrogen-bond donors (Lipinski definition) is 0. The molecule has 8 heteroatoms. The smallest absolute Gasteiger partial charge is 0.420 e. The maximum absolute atomic E-state index is 13.8. The zero-order chi connectivity index (χ0) is 24.9. The van der Waals surface area contributed by atoms with Crippen molar-refractivity contribution in [2.45, 2.75) is 45.7 Å². The van der Waals surface area contributed by atoms with Gasteiger partial charge in [-0.3, -0.25) is 9.69 Å². The predicted octanol–water partition coefficient (Wildman–Crippen LogP) is 5.71. The summed E-state index contributed by atoms with van der Waals surface area (Å²) in [5.41, 5.74) is 4.36. The summed E-state index contributed by atoms with van der Waals surface area (Å²) in [5, 5.41) is 0. The van der Waals surface area contributed by atoms with Crippen LogP contribution in [0, 0.1) is 12.7 Å². The van der Waals surface area contributed by atoms with Gasteiger partial charge < -0.3 is 18.9 Å². The molecular weight excluding hydrogens is 449 g/mol. The second kappa shape index (κ2) is 8.76.